The van der Waals surface area contributed by atoms with E-state index in [1.807, 2.05) is 6.92 Å². The van der Waals surface area contributed by atoms with Crippen LogP contribution in [0.5, 0.6) is 0 Å². The Hall–Kier alpha value is -1.41. The molecule has 0 saturated heterocycles. The lowest BCUT2D eigenvalue weighted by Gasteiger charge is -2.14. The molecule has 7 nitrogen and oxygen atoms in total. The van der Waals surface area contributed by atoms with Crippen molar-refractivity contribution >= 4 is 16.0 Å². The molecular formula is C11H19N3O4S. The molecule has 0 radical (unpaired) electrons. The third kappa shape index (κ3) is 3.77. The van der Waals surface area contributed by atoms with E-state index in [4.69, 9.17) is 5.11 Å². The summed E-state index contributed by atoms with van der Waals surface area (Å²) in [6.45, 7) is 4.46. The Kier molecular flexibility index (Phi) is 5.07. The average molecular weight is 289 g/mol. The molecule has 108 valence electrons. The molecule has 1 aromatic rings. The first-order valence-corrected chi connectivity index (χ1v) is 7.45. The second-order valence-electron chi connectivity index (χ2n) is 4.24. The largest absolute Gasteiger partial charge is 0.481 e. The van der Waals surface area contributed by atoms with Crippen LogP contribution >= 0.6 is 0 Å². The molecule has 1 rings (SSSR count). The van der Waals surface area contributed by atoms with Gasteiger partial charge < -0.3 is 9.67 Å². The predicted molar refractivity (Wildman–Crippen MR) is 69.3 cm³/mol. The first-order chi connectivity index (χ1) is 8.78. The van der Waals surface area contributed by atoms with E-state index in [2.05, 4.69) is 4.98 Å². The van der Waals surface area contributed by atoms with Crippen molar-refractivity contribution < 1.29 is 18.3 Å². The SMILES string of the molecule is CCn1cc(S(=O)(=O)N(C)CCCC(=O)O)nc1C. The van der Waals surface area contributed by atoms with Crippen LogP contribution in [0.25, 0.3) is 0 Å². The number of hydrogen-bond acceptors (Lipinski definition) is 4. The van der Waals surface area contributed by atoms with Crippen LogP contribution in [-0.4, -0.2) is 46.9 Å². The first-order valence-electron chi connectivity index (χ1n) is 6.01. The number of carboxylic acid groups (broad SMARTS) is 1. The number of rotatable bonds is 7. The maximum Gasteiger partial charge on any atom is 0.303 e. The summed E-state index contributed by atoms with van der Waals surface area (Å²) in [4.78, 5) is 14.4. The van der Waals surface area contributed by atoms with Crippen molar-refractivity contribution in [2.45, 2.75) is 38.3 Å². The molecule has 0 fully saturated rings. The monoisotopic (exact) mass is 289 g/mol. The maximum absolute atomic E-state index is 12.2. The molecular weight excluding hydrogens is 270 g/mol. The summed E-state index contributed by atoms with van der Waals surface area (Å²) >= 11 is 0. The normalized spacial score (nSPS) is 12.0. The standard InChI is InChI=1S/C11H19N3O4S/c1-4-14-8-10(12-9(14)2)19(17,18)13(3)7-5-6-11(15)16/h8H,4-7H2,1-3H3,(H,15,16). The topological polar surface area (TPSA) is 92.5 Å². The highest BCUT2D eigenvalue weighted by Crippen LogP contribution is 2.14. The highest BCUT2D eigenvalue weighted by molar-refractivity contribution is 7.89. The maximum atomic E-state index is 12.2. The highest BCUT2D eigenvalue weighted by Gasteiger charge is 2.24. The molecule has 1 N–H and O–H groups in total. The summed E-state index contributed by atoms with van der Waals surface area (Å²) in [5.74, 6) is -0.295. The van der Waals surface area contributed by atoms with Crippen LogP contribution in [-0.2, 0) is 21.4 Å². The molecule has 0 aliphatic heterocycles. The minimum atomic E-state index is -3.64. The number of sulfonamides is 1. The number of aromatic nitrogens is 2. The molecule has 19 heavy (non-hydrogen) atoms. The number of nitrogens with zero attached hydrogens (tertiary/aromatic N) is 3. The molecule has 0 aromatic carbocycles. The van der Waals surface area contributed by atoms with Crippen molar-refractivity contribution in [2.75, 3.05) is 13.6 Å². The summed E-state index contributed by atoms with van der Waals surface area (Å²) in [6, 6.07) is 0. The average Bonchev–Trinajstić information content (AvgIpc) is 2.70. The minimum Gasteiger partial charge on any atom is -0.481 e. The Labute approximate surface area is 112 Å². The quantitative estimate of drug-likeness (QED) is 0.797. The van der Waals surface area contributed by atoms with E-state index in [9.17, 15) is 13.2 Å². The predicted octanol–water partition coefficient (Wildman–Crippen LogP) is 0.697. The first kappa shape index (κ1) is 15.6. The van der Waals surface area contributed by atoms with Crippen LogP contribution in [0, 0.1) is 6.92 Å². The van der Waals surface area contributed by atoms with Gasteiger partial charge in [0, 0.05) is 32.8 Å². The van der Waals surface area contributed by atoms with Crippen molar-refractivity contribution in [1.29, 1.82) is 0 Å². The molecule has 0 amide bonds. The van der Waals surface area contributed by atoms with Crippen molar-refractivity contribution in [2.24, 2.45) is 0 Å². The zero-order valence-corrected chi connectivity index (χ0v) is 12.1. The molecule has 0 spiro atoms. The van der Waals surface area contributed by atoms with E-state index in [0.29, 0.717) is 12.4 Å². The number of carbonyl (C=O) groups is 1. The molecule has 1 heterocycles. The van der Waals surface area contributed by atoms with Crippen LogP contribution in [0.1, 0.15) is 25.6 Å². The van der Waals surface area contributed by atoms with Crippen LogP contribution in [0.4, 0.5) is 0 Å². The fourth-order valence-corrected chi connectivity index (χ4v) is 2.85. The number of aryl methyl sites for hydroxylation is 2. The lowest BCUT2D eigenvalue weighted by Crippen LogP contribution is -2.28. The van der Waals surface area contributed by atoms with Gasteiger partial charge in [-0.3, -0.25) is 4.79 Å². The Balaban J connectivity index is 2.81. The van der Waals surface area contributed by atoms with Crippen molar-refractivity contribution in [3.05, 3.63) is 12.0 Å². The second-order valence-corrected chi connectivity index (χ2v) is 6.23. The van der Waals surface area contributed by atoms with Crippen molar-refractivity contribution in [3.63, 3.8) is 0 Å². The van der Waals surface area contributed by atoms with E-state index in [0.717, 1.165) is 4.31 Å². The highest BCUT2D eigenvalue weighted by atomic mass is 32.2. The van der Waals surface area contributed by atoms with Gasteiger partial charge in [-0.1, -0.05) is 0 Å². The Bertz CT molecular complexity index is 550. The molecule has 0 saturated carbocycles. The zero-order chi connectivity index (χ0) is 14.6. The van der Waals surface area contributed by atoms with Crippen LogP contribution in [0.15, 0.2) is 11.2 Å². The van der Waals surface area contributed by atoms with Gasteiger partial charge in [-0.2, -0.15) is 4.31 Å². The van der Waals surface area contributed by atoms with E-state index >= 15 is 0 Å². The lowest BCUT2D eigenvalue weighted by molar-refractivity contribution is -0.137. The fraction of sp³-hybridized carbons (Fsp3) is 0.636. The summed E-state index contributed by atoms with van der Waals surface area (Å²) in [5, 5.41) is 8.54. The van der Waals surface area contributed by atoms with E-state index in [1.54, 1.807) is 11.5 Å². The van der Waals surface area contributed by atoms with Gasteiger partial charge in [-0.25, -0.2) is 13.4 Å². The number of imidazole rings is 1. The van der Waals surface area contributed by atoms with Gasteiger partial charge in [0.05, 0.1) is 0 Å². The van der Waals surface area contributed by atoms with Crippen LogP contribution < -0.4 is 0 Å². The second kappa shape index (κ2) is 6.16. The van der Waals surface area contributed by atoms with E-state index < -0.39 is 16.0 Å². The minimum absolute atomic E-state index is 0.00433. The number of aliphatic carboxylic acids is 1. The van der Waals surface area contributed by atoms with Crippen molar-refractivity contribution in [1.82, 2.24) is 13.9 Å². The van der Waals surface area contributed by atoms with Gasteiger partial charge in [0.25, 0.3) is 10.0 Å². The molecule has 1 aromatic heterocycles. The van der Waals surface area contributed by atoms with Gasteiger partial charge in [0.2, 0.25) is 0 Å². The van der Waals surface area contributed by atoms with Gasteiger partial charge in [-0.15, -0.1) is 0 Å². The zero-order valence-electron chi connectivity index (χ0n) is 11.3. The number of carboxylic acids is 1. The van der Waals surface area contributed by atoms with Gasteiger partial charge in [-0.05, 0) is 20.3 Å². The molecule has 8 heteroatoms. The molecule has 0 aliphatic rings. The Morgan fingerprint density at radius 2 is 2.16 bits per heavy atom. The summed E-state index contributed by atoms with van der Waals surface area (Å²) in [7, 11) is -2.21. The third-order valence-corrected chi connectivity index (χ3v) is 4.56. The Morgan fingerprint density at radius 1 is 1.53 bits per heavy atom. The smallest absolute Gasteiger partial charge is 0.303 e. The summed E-state index contributed by atoms with van der Waals surface area (Å²) in [6.07, 6.45) is 1.72. The van der Waals surface area contributed by atoms with E-state index in [-0.39, 0.29) is 24.4 Å². The van der Waals surface area contributed by atoms with Crippen LogP contribution in [0.3, 0.4) is 0 Å². The van der Waals surface area contributed by atoms with Crippen molar-refractivity contribution in [3.8, 4) is 0 Å². The van der Waals surface area contributed by atoms with Gasteiger partial charge in [0.15, 0.2) is 5.03 Å². The number of hydrogen-bond donors (Lipinski definition) is 1. The van der Waals surface area contributed by atoms with Gasteiger partial charge >= 0.3 is 5.97 Å². The molecule has 0 bridgehead atoms. The van der Waals surface area contributed by atoms with E-state index in [1.165, 1.54) is 13.2 Å². The Morgan fingerprint density at radius 3 is 2.63 bits per heavy atom. The van der Waals surface area contributed by atoms with Crippen LogP contribution in [0.2, 0.25) is 0 Å². The summed E-state index contributed by atoms with van der Waals surface area (Å²) in [5.41, 5.74) is 0. The van der Waals surface area contributed by atoms with Gasteiger partial charge in [0.1, 0.15) is 5.82 Å². The lowest BCUT2D eigenvalue weighted by atomic mass is 10.3. The molecule has 0 atom stereocenters. The molecule has 0 unspecified atom stereocenters. The fourth-order valence-electron chi connectivity index (χ4n) is 1.66. The molecule has 0 aliphatic carbocycles. The third-order valence-electron chi connectivity index (χ3n) is 2.83. The summed E-state index contributed by atoms with van der Waals surface area (Å²) < 4.78 is 27.3.